The van der Waals surface area contributed by atoms with Crippen LogP contribution in [0.4, 0.5) is 0 Å². The second kappa shape index (κ2) is 10.2. The van der Waals surface area contributed by atoms with Crippen molar-refractivity contribution >= 4 is 15.9 Å². The summed E-state index contributed by atoms with van der Waals surface area (Å²) < 4.78 is 6.13. The molecule has 1 fully saturated rings. The van der Waals surface area contributed by atoms with Crippen LogP contribution in [0.15, 0.2) is 0 Å². The highest BCUT2D eigenvalue weighted by molar-refractivity contribution is 9.09. The van der Waals surface area contributed by atoms with Crippen LogP contribution in [0, 0.1) is 11.3 Å². The van der Waals surface area contributed by atoms with Gasteiger partial charge in [0.05, 0.1) is 6.10 Å². The van der Waals surface area contributed by atoms with E-state index >= 15 is 0 Å². The Morgan fingerprint density at radius 1 is 0.950 bits per heavy atom. The van der Waals surface area contributed by atoms with Gasteiger partial charge in [-0.1, -0.05) is 68.8 Å². The third-order valence-corrected chi connectivity index (χ3v) is 5.04. The molecule has 2 heteroatoms. The fourth-order valence-electron chi connectivity index (χ4n) is 3.72. The van der Waals surface area contributed by atoms with Gasteiger partial charge in [-0.15, -0.1) is 0 Å². The Bertz CT molecular complexity index is 240. The predicted octanol–water partition coefficient (Wildman–Crippen LogP) is 6.34. The minimum Gasteiger partial charge on any atom is -0.378 e. The highest BCUT2D eigenvalue weighted by Gasteiger charge is 2.32. The smallest absolute Gasteiger partial charge is 0.0582 e. The monoisotopic (exact) mass is 346 g/mol. The van der Waals surface area contributed by atoms with Crippen molar-refractivity contribution in [2.24, 2.45) is 11.3 Å². The number of ether oxygens (including phenoxy) is 1. The molecule has 1 rings (SSSR count). The molecule has 0 spiro atoms. The maximum absolute atomic E-state index is 6.13. The van der Waals surface area contributed by atoms with Gasteiger partial charge in [0.15, 0.2) is 0 Å². The van der Waals surface area contributed by atoms with E-state index in [0.29, 0.717) is 11.5 Å². The first-order chi connectivity index (χ1) is 9.53. The summed E-state index contributed by atoms with van der Waals surface area (Å²) in [6, 6.07) is 0. The lowest BCUT2D eigenvalue weighted by atomic mass is 9.71. The zero-order valence-corrected chi connectivity index (χ0v) is 15.5. The van der Waals surface area contributed by atoms with E-state index < -0.39 is 0 Å². The van der Waals surface area contributed by atoms with Gasteiger partial charge in [0.25, 0.3) is 0 Å². The van der Waals surface area contributed by atoms with Gasteiger partial charge in [-0.25, -0.2) is 0 Å². The zero-order valence-electron chi connectivity index (χ0n) is 13.9. The Kier molecular flexibility index (Phi) is 9.44. The maximum Gasteiger partial charge on any atom is 0.0582 e. The van der Waals surface area contributed by atoms with Gasteiger partial charge in [-0.3, -0.25) is 0 Å². The fourth-order valence-corrected chi connectivity index (χ4v) is 4.11. The van der Waals surface area contributed by atoms with E-state index in [-0.39, 0.29) is 0 Å². The van der Waals surface area contributed by atoms with E-state index in [1.807, 2.05) is 0 Å². The predicted molar refractivity (Wildman–Crippen MR) is 92.6 cm³/mol. The summed E-state index contributed by atoms with van der Waals surface area (Å²) in [5, 5.41) is 1.16. The molecule has 1 aliphatic rings. The standard InChI is InChI=1S/C18H35BrO/c1-16-13-17(15-18(2,3)14-16)20-12-10-8-6-4-5-7-9-11-19/h16-17H,4-15H2,1-3H3. The average molecular weight is 347 g/mol. The van der Waals surface area contributed by atoms with Gasteiger partial charge in [0.2, 0.25) is 0 Å². The molecule has 0 aromatic rings. The molecule has 0 aliphatic heterocycles. The topological polar surface area (TPSA) is 9.23 Å². The van der Waals surface area contributed by atoms with Crippen LogP contribution in [0.3, 0.4) is 0 Å². The van der Waals surface area contributed by atoms with Crippen molar-refractivity contribution in [3.05, 3.63) is 0 Å². The largest absolute Gasteiger partial charge is 0.378 e. The molecule has 0 aromatic carbocycles. The van der Waals surface area contributed by atoms with Gasteiger partial charge < -0.3 is 4.74 Å². The number of alkyl halides is 1. The lowest BCUT2D eigenvalue weighted by Crippen LogP contribution is -2.32. The summed E-state index contributed by atoms with van der Waals surface area (Å²) >= 11 is 3.49. The van der Waals surface area contributed by atoms with Crippen LogP contribution in [0.1, 0.15) is 85.0 Å². The molecular weight excluding hydrogens is 312 g/mol. The highest BCUT2D eigenvalue weighted by Crippen LogP contribution is 2.39. The molecule has 0 N–H and O–H groups in total. The van der Waals surface area contributed by atoms with Crippen LogP contribution in [0.25, 0.3) is 0 Å². The fraction of sp³-hybridized carbons (Fsp3) is 1.00. The molecule has 0 heterocycles. The van der Waals surface area contributed by atoms with Crippen molar-refractivity contribution in [2.75, 3.05) is 11.9 Å². The molecule has 0 amide bonds. The average Bonchev–Trinajstić information content (AvgIpc) is 2.34. The first-order valence-electron chi connectivity index (χ1n) is 8.71. The van der Waals surface area contributed by atoms with Crippen molar-refractivity contribution in [3.8, 4) is 0 Å². The molecule has 0 aromatic heterocycles. The third kappa shape index (κ3) is 8.67. The molecule has 1 aliphatic carbocycles. The van der Waals surface area contributed by atoms with Crippen molar-refractivity contribution in [1.82, 2.24) is 0 Å². The minimum atomic E-state index is 0.484. The highest BCUT2D eigenvalue weighted by atomic mass is 79.9. The van der Waals surface area contributed by atoms with Gasteiger partial charge in [-0.05, 0) is 43.4 Å². The molecule has 0 bridgehead atoms. The molecule has 0 radical (unpaired) electrons. The van der Waals surface area contributed by atoms with Crippen LogP contribution in [0.5, 0.6) is 0 Å². The molecule has 2 unspecified atom stereocenters. The summed E-state index contributed by atoms with van der Waals surface area (Å²) in [5.41, 5.74) is 0.484. The van der Waals surface area contributed by atoms with E-state index in [2.05, 4.69) is 36.7 Å². The van der Waals surface area contributed by atoms with Gasteiger partial charge in [-0.2, -0.15) is 0 Å². The Morgan fingerprint density at radius 3 is 2.15 bits per heavy atom. The van der Waals surface area contributed by atoms with Crippen LogP contribution in [0.2, 0.25) is 0 Å². The number of hydrogen-bond acceptors (Lipinski definition) is 1. The van der Waals surface area contributed by atoms with Crippen LogP contribution in [-0.2, 0) is 4.74 Å². The lowest BCUT2D eigenvalue weighted by Gasteiger charge is -2.38. The minimum absolute atomic E-state index is 0.484. The summed E-state index contributed by atoms with van der Waals surface area (Å²) in [6.45, 7) is 8.15. The van der Waals surface area contributed by atoms with E-state index in [1.54, 1.807) is 0 Å². The van der Waals surface area contributed by atoms with Gasteiger partial charge in [0.1, 0.15) is 0 Å². The first kappa shape index (κ1) is 18.5. The van der Waals surface area contributed by atoms with Gasteiger partial charge >= 0.3 is 0 Å². The van der Waals surface area contributed by atoms with Crippen molar-refractivity contribution in [2.45, 2.75) is 91.1 Å². The second-order valence-electron chi connectivity index (χ2n) is 7.57. The summed E-state index contributed by atoms with van der Waals surface area (Å²) in [5.74, 6) is 0.832. The van der Waals surface area contributed by atoms with E-state index in [9.17, 15) is 0 Å². The molecule has 0 saturated heterocycles. The maximum atomic E-state index is 6.13. The summed E-state index contributed by atoms with van der Waals surface area (Å²) in [7, 11) is 0. The number of rotatable bonds is 10. The van der Waals surface area contributed by atoms with Gasteiger partial charge in [0, 0.05) is 11.9 Å². The SMILES string of the molecule is CC1CC(OCCCCCCCCCBr)CC(C)(C)C1. The normalized spacial score (nSPS) is 25.8. The number of hydrogen-bond donors (Lipinski definition) is 0. The Balaban J connectivity index is 1.96. The molecule has 120 valence electrons. The van der Waals surface area contributed by atoms with E-state index in [1.165, 1.54) is 64.2 Å². The molecule has 2 atom stereocenters. The Hall–Kier alpha value is 0.440. The quantitative estimate of drug-likeness (QED) is 0.331. The molecule has 20 heavy (non-hydrogen) atoms. The molecular formula is C18H35BrO. The Labute approximate surface area is 135 Å². The molecule has 1 saturated carbocycles. The van der Waals surface area contributed by atoms with Crippen LogP contribution in [-0.4, -0.2) is 18.0 Å². The van der Waals surface area contributed by atoms with Crippen LogP contribution >= 0.6 is 15.9 Å². The number of halogens is 1. The molecule has 1 nitrogen and oxygen atoms in total. The first-order valence-corrected chi connectivity index (χ1v) is 9.83. The summed E-state index contributed by atoms with van der Waals surface area (Å²) in [4.78, 5) is 0. The van der Waals surface area contributed by atoms with Crippen molar-refractivity contribution < 1.29 is 4.74 Å². The van der Waals surface area contributed by atoms with Crippen molar-refractivity contribution in [3.63, 3.8) is 0 Å². The van der Waals surface area contributed by atoms with E-state index in [0.717, 1.165) is 17.9 Å². The van der Waals surface area contributed by atoms with Crippen molar-refractivity contribution in [1.29, 1.82) is 0 Å². The van der Waals surface area contributed by atoms with Crippen LogP contribution < -0.4 is 0 Å². The second-order valence-corrected chi connectivity index (χ2v) is 8.36. The summed E-state index contributed by atoms with van der Waals surface area (Å²) in [6.07, 6.45) is 13.9. The lowest BCUT2D eigenvalue weighted by molar-refractivity contribution is -0.0240. The Morgan fingerprint density at radius 2 is 1.55 bits per heavy atom. The zero-order chi connectivity index (χ0) is 14.8. The van der Waals surface area contributed by atoms with E-state index in [4.69, 9.17) is 4.74 Å². The third-order valence-electron chi connectivity index (χ3n) is 4.48. The number of unbranched alkanes of at least 4 members (excludes halogenated alkanes) is 6.